The Bertz CT molecular complexity index is 315. The number of nitrogens with two attached hydrogens (primary N) is 1. The maximum absolute atomic E-state index is 5.83. The average molecular weight is 223 g/mol. The summed E-state index contributed by atoms with van der Waals surface area (Å²) >= 11 is 0. The quantitative estimate of drug-likeness (QED) is 0.794. The van der Waals surface area contributed by atoms with Gasteiger partial charge in [0.15, 0.2) is 0 Å². The molecule has 0 unspecified atom stereocenters. The molecule has 0 amide bonds. The van der Waals surface area contributed by atoms with E-state index >= 15 is 0 Å². The highest BCUT2D eigenvalue weighted by Crippen LogP contribution is 2.12. The molecule has 0 saturated carbocycles. The summed E-state index contributed by atoms with van der Waals surface area (Å²) in [5.74, 6) is 0.616. The van der Waals surface area contributed by atoms with Gasteiger partial charge >= 0.3 is 0 Å². The van der Waals surface area contributed by atoms with Crippen LogP contribution >= 0.6 is 0 Å². The van der Waals surface area contributed by atoms with E-state index in [1.54, 1.807) is 13.3 Å². The number of pyridine rings is 1. The fourth-order valence-electron chi connectivity index (χ4n) is 1.53. The van der Waals surface area contributed by atoms with Crippen LogP contribution in [-0.4, -0.2) is 36.2 Å². The summed E-state index contributed by atoms with van der Waals surface area (Å²) in [5, 5.41) is 0. The third-order valence-corrected chi connectivity index (χ3v) is 2.61. The first kappa shape index (κ1) is 12.9. The molecule has 1 aromatic rings. The van der Waals surface area contributed by atoms with Gasteiger partial charge in [0.05, 0.1) is 6.61 Å². The maximum Gasteiger partial charge on any atom is 0.127 e. The molecule has 0 spiro atoms. The second-order valence-corrected chi connectivity index (χ2v) is 4.10. The molecule has 0 atom stereocenters. The van der Waals surface area contributed by atoms with Crippen LogP contribution in [0.15, 0.2) is 18.3 Å². The van der Waals surface area contributed by atoms with Crippen molar-refractivity contribution in [3.8, 4) is 0 Å². The standard InChI is InChI=1S/C12H21N3O/c1-10(2)15(7-8-16-3)9-11-5-4-6-14-12(11)13/h4-6,10H,7-9H2,1-3H3,(H2,13,14). The highest BCUT2D eigenvalue weighted by atomic mass is 16.5. The van der Waals surface area contributed by atoms with Crippen LogP contribution in [0.1, 0.15) is 19.4 Å². The SMILES string of the molecule is COCCN(Cc1cccnc1N)C(C)C. The van der Waals surface area contributed by atoms with Gasteiger partial charge in [-0.1, -0.05) is 6.07 Å². The number of hydrogen-bond acceptors (Lipinski definition) is 4. The van der Waals surface area contributed by atoms with Crippen molar-refractivity contribution in [2.45, 2.75) is 26.4 Å². The molecule has 90 valence electrons. The lowest BCUT2D eigenvalue weighted by atomic mass is 10.2. The Morgan fingerprint density at radius 1 is 1.50 bits per heavy atom. The van der Waals surface area contributed by atoms with Crippen molar-refractivity contribution >= 4 is 5.82 Å². The lowest BCUT2D eigenvalue weighted by Gasteiger charge is -2.26. The van der Waals surface area contributed by atoms with Crippen LogP contribution in [0.2, 0.25) is 0 Å². The normalized spacial score (nSPS) is 11.3. The average Bonchev–Trinajstić information content (AvgIpc) is 2.26. The van der Waals surface area contributed by atoms with Crippen LogP contribution in [0.25, 0.3) is 0 Å². The number of anilines is 1. The summed E-state index contributed by atoms with van der Waals surface area (Å²) in [4.78, 5) is 6.41. The molecule has 0 radical (unpaired) electrons. The molecule has 0 aliphatic heterocycles. The summed E-state index contributed by atoms with van der Waals surface area (Å²) in [6, 6.07) is 4.40. The molecule has 4 nitrogen and oxygen atoms in total. The molecule has 1 aromatic heterocycles. The highest BCUT2D eigenvalue weighted by molar-refractivity contribution is 5.38. The molecule has 0 saturated heterocycles. The minimum atomic E-state index is 0.467. The van der Waals surface area contributed by atoms with Crippen molar-refractivity contribution in [3.05, 3.63) is 23.9 Å². The van der Waals surface area contributed by atoms with E-state index < -0.39 is 0 Å². The third-order valence-electron chi connectivity index (χ3n) is 2.61. The minimum Gasteiger partial charge on any atom is -0.383 e. The van der Waals surface area contributed by atoms with E-state index in [9.17, 15) is 0 Å². The smallest absolute Gasteiger partial charge is 0.127 e. The summed E-state index contributed by atoms with van der Waals surface area (Å²) < 4.78 is 5.10. The number of aromatic nitrogens is 1. The number of methoxy groups -OCH3 is 1. The van der Waals surface area contributed by atoms with Crippen molar-refractivity contribution in [1.29, 1.82) is 0 Å². The molecule has 4 heteroatoms. The molecule has 1 heterocycles. The number of hydrogen-bond donors (Lipinski definition) is 1. The maximum atomic E-state index is 5.83. The largest absolute Gasteiger partial charge is 0.383 e. The van der Waals surface area contributed by atoms with Gasteiger partial charge in [0.2, 0.25) is 0 Å². The van der Waals surface area contributed by atoms with Gasteiger partial charge in [-0.3, -0.25) is 4.90 Å². The molecule has 1 rings (SSSR count). The first-order valence-electron chi connectivity index (χ1n) is 5.57. The molecule has 0 aliphatic rings. The van der Waals surface area contributed by atoms with Gasteiger partial charge in [-0.05, 0) is 19.9 Å². The summed E-state index contributed by atoms with van der Waals surface area (Å²) in [6.45, 7) is 6.80. The van der Waals surface area contributed by atoms with Crippen LogP contribution in [0.5, 0.6) is 0 Å². The Kier molecular flexibility index (Phi) is 5.22. The zero-order valence-corrected chi connectivity index (χ0v) is 10.3. The second kappa shape index (κ2) is 6.45. The van der Waals surface area contributed by atoms with E-state index in [1.807, 2.05) is 12.1 Å². The van der Waals surface area contributed by atoms with Crippen molar-refractivity contribution < 1.29 is 4.74 Å². The highest BCUT2D eigenvalue weighted by Gasteiger charge is 2.11. The van der Waals surface area contributed by atoms with Gasteiger partial charge in [-0.2, -0.15) is 0 Å². The lowest BCUT2D eigenvalue weighted by Crippen LogP contribution is -2.33. The van der Waals surface area contributed by atoms with Crippen molar-refractivity contribution in [2.24, 2.45) is 0 Å². The summed E-state index contributed by atoms with van der Waals surface area (Å²) in [5.41, 5.74) is 6.90. The minimum absolute atomic E-state index is 0.467. The lowest BCUT2D eigenvalue weighted by molar-refractivity contribution is 0.125. The van der Waals surface area contributed by atoms with Gasteiger partial charge in [0.1, 0.15) is 5.82 Å². The molecular formula is C12H21N3O. The number of rotatable bonds is 6. The number of nitrogen functional groups attached to an aromatic ring is 1. The van der Waals surface area contributed by atoms with Crippen LogP contribution < -0.4 is 5.73 Å². The van der Waals surface area contributed by atoms with Crippen molar-refractivity contribution in [1.82, 2.24) is 9.88 Å². The predicted molar refractivity (Wildman–Crippen MR) is 66.1 cm³/mol. The van der Waals surface area contributed by atoms with E-state index in [1.165, 1.54) is 0 Å². The van der Waals surface area contributed by atoms with Crippen LogP contribution in [0.3, 0.4) is 0 Å². The third kappa shape index (κ3) is 3.79. The van der Waals surface area contributed by atoms with Gasteiger partial charge < -0.3 is 10.5 Å². The van der Waals surface area contributed by atoms with Crippen molar-refractivity contribution in [2.75, 3.05) is 26.0 Å². The molecule has 0 fully saturated rings. The molecule has 0 aliphatic carbocycles. The van der Waals surface area contributed by atoms with Crippen LogP contribution in [0, 0.1) is 0 Å². The molecular weight excluding hydrogens is 202 g/mol. The van der Waals surface area contributed by atoms with E-state index in [0.29, 0.717) is 11.9 Å². The Labute approximate surface area is 97.4 Å². The van der Waals surface area contributed by atoms with E-state index in [4.69, 9.17) is 10.5 Å². The van der Waals surface area contributed by atoms with Gasteiger partial charge in [0.25, 0.3) is 0 Å². The van der Waals surface area contributed by atoms with E-state index in [-0.39, 0.29) is 0 Å². The number of nitrogens with zero attached hydrogens (tertiary/aromatic N) is 2. The fourth-order valence-corrected chi connectivity index (χ4v) is 1.53. The Hall–Kier alpha value is -1.13. The fraction of sp³-hybridized carbons (Fsp3) is 0.583. The molecule has 0 aromatic carbocycles. The first-order valence-corrected chi connectivity index (χ1v) is 5.57. The van der Waals surface area contributed by atoms with E-state index in [0.717, 1.165) is 25.3 Å². The predicted octanol–water partition coefficient (Wildman–Crippen LogP) is 1.52. The van der Waals surface area contributed by atoms with E-state index in [2.05, 4.69) is 23.7 Å². The molecule has 0 bridgehead atoms. The van der Waals surface area contributed by atoms with Gasteiger partial charge in [-0.25, -0.2) is 4.98 Å². The van der Waals surface area contributed by atoms with Crippen LogP contribution in [-0.2, 0) is 11.3 Å². The zero-order valence-electron chi connectivity index (χ0n) is 10.3. The monoisotopic (exact) mass is 223 g/mol. The molecule has 16 heavy (non-hydrogen) atoms. The zero-order chi connectivity index (χ0) is 12.0. The topological polar surface area (TPSA) is 51.4 Å². The Balaban J connectivity index is 2.64. The Morgan fingerprint density at radius 3 is 2.81 bits per heavy atom. The number of ether oxygens (including phenoxy) is 1. The van der Waals surface area contributed by atoms with Gasteiger partial charge in [0, 0.05) is 38.0 Å². The van der Waals surface area contributed by atoms with Crippen LogP contribution in [0.4, 0.5) is 5.82 Å². The Morgan fingerprint density at radius 2 is 2.25 bits per heavy atom. The van der Waals surface area contributed by atoms with Crippen molar-refractivity contribution in [3.63, 3.8) is 0 Å². The molecule has 2 N–H and O–H groups in total. The summed E-state index contributed by atoms with van der Waals surface area (Å²) in [7, 11) is 1.72. The second-order valence-electron chi connectivity index (χ2n) is 4.10. The first-order chi connectivity index (χ1) is 7.65. The van der Waals surface area contributed by atoms with Gasteiger partial charge in [-0.15, -0.1) is 0 Å². The summed E-state index contributed by atoms with van der Waals surface area (Å²) in [6.07, 6.45) is 1.72.